The van der Waals surface area contributed by atoms with Crippen molar-refractivity contribution in [2.24, 2.45) is 0 Å². The van der Waals surface area contributed by atoms with Crippen LogP contribution in [0.3, 0.4) is 0 Å². The summed E-state index contributed by atoms with van der Waals surface area (Å²) in [6.45, 7) is 8.78. The molecular weight excluding hydrogens is 402 g/mol. The minimum absolute atomic E-state index is 0.150. The monoisotopic (exact) mass is 433 g/mol. The van der Waals surface area contributed by atoms with Gasteiger partial charge in [-0.2, -0.15) is 0 Å². The number of rotatable bonds is 14. The van der Waals surface area contributed by atoms with E-state index in [2.05, 4.69) is 20.9 Å². The van der Waals surface area contributed by atoms with Crippen molar-refractivity contribution in [1.82, 2.24) is 20.3 Å². The van der Waals surface area contributed by atoms with E-state index in [4.69, 9.17) is 14.2 Å². The minimum Gasteiger partial charge on any atom is -0.382 e. The first-order valence-electron chi connectivity index (χ1n) is 10.5. The second-order valence-electron chi connectivity index (χ2n) is 6.51. The lowest BCUT2D eigenvalue weighted by Crippen LogP contribution is -2.25. The van der Waals surface area contributed by atoms with E-state index in [1.165, 1.54) is 10.9 Å². The molecule has 0 saturated carbocycles. The van der Waals surface area contributed by atoms with Gasteiger partial charge in [-0.25, -0.2) is 4.68 Å². The summed E-state index contributed by atoms with van der Waals surface area (Å²) < 4.78 is 17.7. The van der Waals surface area contributed by atoms with Crippen molar-refractivity contribution in [2.75, 3.05) is 38.3 Å². The Kier molecular flexibility index (Phi) is 10.6. The fourth-order valence-electron chi connectivity index (χ4n) is 2.73. The molecule has 0 saturated heterocycles. The van der Waals surface area contributed by atoms with Gasteiger partial charge in [0.05, 0.1) is 12.7 Å². The highest BCUT2D eigenvalue weighted by molar-refractivity contribution is 6.03. The number of carbonyl (C=O) groups excluding carboxylic acids is 2. The van der Waals surface area contributed by atoms with Crippen molar-refractivity contribution < 1.29 is 23.8 Å². The van der Waals surface area contributed by atoms with Gasteiger partial charge in [-0.1, -0.05) is 11.3 Å². The first-order chi connectivity index (χ1) is 15.1. The van der Waals surface area contributed by atoms with E-state index in [0.29, 0.717) is 50.8 Å². The summed E-state index contributed by atoms with van der Waals surface area (Å²) in [4.78, 5) is 24.8. The molecule has 1 aromatic heterocycles. The topological polar surface area (TPSA) is 117 Å². The van der Waals surface area contributed by atoms with Crippen LogP contribution < -0.4 is 10.6 Å². The maximum atomic E-state index is 12.5. The first kappa shape index (κ1) is 24.4. The zero-order valence-electron chi connectivity index (χ0n) is 18.3. The van der Waals surface area contributed by atoms with Gasteiger partial charge in [0.1, 0.15) is 0 Å². The fourth-order valence-corrected chi connectivity index (χ4v) is 2.73. The SMILES string of the molecule is CCOCCCNC(=O)c1cccc(NC(=O)c2cn(CC(OCC)OCC)nn2)c1. The molecule has 0 fully saturated rings. The molecule has 0 aliphatic carbocycles. The molecule has 0 aliphatic rings. The minimum atomic E-state index is -0.462. The number of anilines is 1. The number of nitrogens with one attached hydrogen (secondary N) is 2. The molecule has 0 unspecified atom stereocenters. The highest BCUT2D eigenvalue weighted by atomic mass is 16.7. The average Bonchev–Trinajstić information content (AvgIpc) is 3.23. The van der Waals surface area contributed by atoms with Gasteiger partial charge < -0.3 is 24.8 Å². The van der Waals surface area contributed by atoms with Crippen LogP contribution in [0, 0.1) is 0 Å². The van der Waals surface area contributed by atoms with Gasteiger partial charge in [0.2, 0.25) is 0 Å². The van der Waals surface area contributed by atoms with Crippen molar-refractivity contribution in [3.63, 3.8) is 0 Å². The predicted octanol–water partition coefficient (Wildman–Crippen LogP) is 2.09. The van der Waals surface area contributed by atoms with Crippen molar-refractivity contribution >= 4 is 17.5 Å². The second kappa shape index (κ2) is 13.5. The molecule has 170 valence electrons. The third kappa shape index (κ3) is 8.44. The van der Waals surface area contributed by atoms with E-state index >= 15 is 0 Å². The summed E-state index contributed by atoms with van der Waals surface area (Å²) in [5, 5.41) is 13.4. The average molecular weight is 434 g/mol. The number of hydrogen-bond acceptors (Lipinski definition) is 7. The lowest BCUT2D eigenvalue weighted by Gasteiger charge is -2.16. The van der Waals surface area contributed by atoms with Crippen molar-refractivity contribution in [1.29, 1.82) is 0 Å². The van der Waals surface area contributed by atoms with Crippen LogP contribution in [0.5, 0.6) is 0 Å². The maximum Gasteiger partial charge on any atom is 0.277 e. The molecule has 2 rings (SSSR count). The number of nitrogens with zero attached hydrogens (tertiary/aromatic N) is 3. The molecule has 0 atom stereocenters. The molecule has 0 aliphatic heterocycles. The molecule has 1 heterocycles. The molecule has 2 N–H and O–H groups in total. The molecule has 1 aromatic carbocycles. The predicted molar refractivity (Wildman–Crippen MR) is 115 cm³/mol. The first-order valence-corrected chi connectivity index (χ1v) is 10.5. The Morgan fingerprint density at radius 3 is 2.58 bits per heavy atom. The molecule has 0 bridgehead atoms. The summed E-state index contributed by atoms with van der Waals surface area (Å²) in [6, 6.07) is 6.70. The molecule has 0 radical (unpaired) electrons. The summed E-state index contributed by atoms with van der Waals surface area (Å²) in [5.41, 5.74) is 1.09. The number of ether oxygens (including phenoxy) is 3. The molecule has 10 heteroatoms. The maximum absolute atomic E-state index is 12.5. The third-order valence-corrected chi connectivity index (χ3v) is 4.15. The van der Waals surface area contributed by atoms with Crippen LogP contribution in [-0.2, 0) is 20.8 Å². The Balaban J connectivity index is 1.91. The molecule has 31 heavy (non-hydrogen) atoms. The number of aromatic nitrogens is 3. The summed E-state index contributed by atoms with van der Waals surface area (Å²) in [6.07, 6.45) is 1.80. The van der Waals surface area contributed by atoms with E-state index in [1.54, 1.807) is 24.3 Å². The normalized spacial score (nSPS) is 11.0. The fraction of sp³-hybridized carbons (Fsp3) is 0.524. The van der Waals surface area contributed by atoms with E-state index in [-0.39, 0.29) is 11.6 Å². The van der Waals surface area contributed by atoms with Gasteiger partial charge in [-0.05, 0) is 45.4 Å². The summed E-state index contributed by atoms with van der Waals surface area (Å²) in [7, 11) is 0. The van der Waals surface area contributed by atoms with Crippen LogP contribution in [0.1, 0.15) is 48.0 Å². The van der Waals surface area contributed by atoms with Crippen molar-refractivity contribution in [2.45, 2.75) is 40.0 Å². The van der Waals surface area contributed by atoms with Crippen LogP contribution in [0.15, 0.2) is 30.5 Å². The molecule has 2 aromatic rings. The van der Waals surface area contributed by atoms with E-state index in [0.717, 1.165) is 6.42 Å². The van der Waals surface area contributed by atoms with Gasteiger partial charge in [-0.15, -0.1) is 5.10 Å². The van der Waals surface area contributed by atoms with Gasteiger partial charge in [-0.3, -0.25) is 9.59 Å². The Morgan fingerprint density at radius 2 is 1.87 bits per heavy atom. The highest BCUT2D eigenvalue weighted by Crippen LogP contribution is 2.12. The smallest absolute Gasteiger partial charge is 0.277 e. The van der Waals surface area contributed by atoms with Crippen LogP contribution in [-0.4, -0.2) is 66.1 Å². The Morgan fingerprint density at radius 1 is 1.10 bits per heavy atom. The highest BCUT2D eigenvalue weighted by Gasteiger charge is 2.15. The summed E-state index contributed by atoms with van der Waals surface area (Å²) >= 11 is 0. The van der Waals surface area contributed by atoms with Crippen LogP contribution in [0.4, 0.5) is 5.69 Å². The lowest BCUT2D eigenvalue weighted by atomic mass is 10.2. The molecular formula is C21H31N5O5. The lowest BCUT2D eigenvalue weighted by molar-refractivity contribution is -0.145. The Bertz CT molecular complexity index is 820. The number of carbonyl (C=O) groups is 2. The largest absolute Gasteiger partial charge is 0.382 e. The number of hydrogen-bond donors (Lipinski definition) is 2. The standard InChI is InChI=1S/C21H31N5O5/c1-4-29-12-8-11-22-20(27)16-9-7-10-17(13-16)23-21(28)18-14-26(25-24-18)15-19(30-5-2)31-6-3/h7,9-10,13-14,19H,4-6,8,11-12,15H2,1-3H3,(H,22,27)(H,23,28). The zero-order valence-corrected chi connectivity index (χ0v) is 18.3. The van der Waals surface area contributed by atoms with Crippen LogP contribution in [0.25, 0.3) is 0 Å². The number of benzene rings is 1. The number of amides is 2. The molecule has 2 amide bonds. The Labute approximate surface area is 182 Å². The summed E-state index contributed by atoms with van der Waals surface area (Å²) in [5.74, 6) is -0.638. The molecule has 0 spiro atoms. The zero-order chi connectivity index (χ0) is 22.5. The van der Waals surface area contributed by atoms with Gasteiger partial charge in [0, 0.05) is 44.2 Å². The third-order valence-electron chi connectivity index (χ3n) is 4.15. The van der Waals surface area contributed by atoms with Gasteiger partial charge in [0.25, 0.3) is 11.8 Å². The van der Waals surface area contributed by atoms with E-state index in [1.807, 2.05) is 20.8 Å². The van der Waals surface area contributed by atoms with E-state index in [9.17, 15) is 9.59 Å². The van der Waals surface area contributed by atoms with Crippen LogP contribution >= 0.6 is 0 Å². The van der Waals surface area contributed by atoms with Gasteiger partial charge in [0.15, 0.2) is 12.0 Å². The Hall–Kier alpha value is -2.82. The van der Waals surface area contributed by atoms with E-state index < -0.39 is 12.2 Å². The van der Waals surface area contributed by atoms with Crippen molar-refractivity contribution in [3.05, 3.63) is 41.7 Å². The van der Waals surface area contributed by atoms with Crippen LogP contribution in [0.2, 0.25) is 0 Å². The second-order valence-corrected chi connectivity index (χ2v) is 6.51. The quantitative estimate of drug-likeness (QED) is 0.346. The van der Waals surface area contributed by atoms with Crippen molar-refractivity contribution in [3.8, 4) is 0 Å². The molecule has 10 nitrogen and oxygen atoms in total. The van der Waals surface area contributed by atoms with Gasteiger partial charge >= 0.3 is 0 Å².